The van der Waals surface area contributed by atoms with E-state index in [1.807, 2.05) is 13.8 Å². The third kappa shape index (κ3) is 3.01. The zero-order valence-corrected chi connectivity index (χ0v) is 13.3. The molecule has 22 heavy (non-hydrogen) atoms. The molecule has 0 aromatic heterocycles. The maximum atomic E-state index is 3.36. The smallest absolute Gasteiger partial charge is 0.00268 e. The summed E-state index contributed by atoms with van der Waals surface area (Å²) in [5, 5.41) is 8.14. The molecule has 0 aliphatic rings. The molecule has 0 radical (unpaired) electrons. The normalized spacial score (nSPS) is 9.73. The SMILES string of the molecule is C=CC.C=CC.c1cc2ccc3cccc4ccc(c1)c2c34. The quantitative estimate of drug-likeness (QED) is 0.242. The van der Waals surface area contributed by atoms with Gasteiger partial charge < -0.3 is 0 Å². The number of rotatable bonds is 0. The van der Waals surface area contributed by atoms with Gasteiger partial charge in [0.15, 0.2) is 0 Å². The van der Waals surface area contributed by atoms with Gasteiger partial charge in [0, 0.05) is 0 Å². The van der Waals surface area contributed by atoms with Crippen molar-refractivity contribution in [3.63, 3.8) is 0 Å². The molecule has 0 heterocycles. The number of hydrogen-bond donors (Lipinski definition) is 0. The van der Waals surface area contributed by atoms with Crippen LogP contribution in [-0.4, -0.2) is 0 Å². The lowest BCUT2D eigenvalue weighted by Crippen LogP contribution is -1.82. The highest BCUT2D eigenvalue weighted by Crippen LogP contribution is 2.33. The van der Waals surface area contributed by atoms with Crippen molar-refractivity contribution >= 4 is 32.3 Å². The van der Waals surface area contributed by atoms with Crippen LogP contribution < -0.4 is 0 Å². The molecule has 0 unspecified atom stereocenters. The molecule has 0 amide bonds. The van der Waals surface area contributed by atoms with E-state index in [0.717, 1.165) is 0 Å². The summed E-state index contributed by atoms with van der Waals surface area (Å²) in [4.78, 5) is 0. The molecular formula is C22H22. The van der Waals surface area contributed by atoms with Crippen molar-refractivity contribution in [2.45, 2.75) is 13.8 Å². The molecule has 0 bridgehead atoms. The highest BCUT2D eigenvalue weighted by atomic mass is 14.1. The molecule has 4 aromatic rings. The second-order valence-electron chi connectivity index (χ2n) is 5.11. The first-order valence-corrected chi connectivity index (χ1v) is 7.53. The fourth-order valence-corrected chi connectivity index (χ4v) is 2.67. The third-order valence-electron chi connectivity index (χ3n) is 3.39. The van der Waals surface area contributed by atoms with E-state index in [0.29, 0.717) is 0 Å². The van der Waals surface area contributed by atoms with Gasteiger partial charge in [0.2, 0.25) is 0 Å². The first kappa shape index (κ1) is 15.8. The average molecular weight is 286 g/mol. The summed E-state index contributed by atoms with van der Waals surface area (Å²) in [6.07, 6.45) is 3.50. The molecule has 4 aromatic carbocycles. The maximum Gasteiger partial charge on any atom is -0.00268 e. The monoisotopic (exact) mass is 286 g/mol. The van der Waals surface area contributed by atoms with E-state index in [-0.39, 0.29) is 0 Å². The van der Waals surface area contributed by atoms with E-state index in [4.69, 9.17) is 0 Å². The zero-order chi connectivity index (χ0) is 15.9. The standard InChI is InChI=1S/C16H10.2C3H6/c1-3-11-7-9-13-5-2-6-14-10-8-12(4-1)15(11)16(13)14;2*1-3-2/h1-10H;2*3H,1H2,2H3. The van der Waals surface area contributed by atoms with E-state index in [1.165, 1.54) is 32.3 Å². The van der Waals surface area contributed by atoms with Crippen molar-refractivity contribution in [1.29, 1.82) is 0 Å². The summed E-state index contributed by atoms with van der Waals surface area (Å²) >= 11 is 0. The molecule has 0 N–H and O–H groups in total. The second kappa shape index (κ2) is 7.42. The Morgan fingerprint density at radius 3 is 1.00 bits per heavy atom. The maximum absolute atomic E-state index is 3.36. The molecule has 0 saturated heterocycles. The molecule has 0 nitrogen and oxygen atoms in total. The molecule has 0 saturated carbocycles. The van der Waals surface area contributed by atoms with E-state index in [2.05, 4.69) is 73.8 Å². The van der Waals surface area contributed by atoms with Gasteiger partial charge in [0.05, 0.1) is 0 Å². The lowest BCUT2D eigenvalue weighted by molar-refractivity contribution is 1.78. The van der Waals surface area contributed by atoms with Crippen molar-refractivity contribution in [3.8, 4) is 0 Å². The first-order valence-electron chi connectivity index (χ1n) is 7.53. The predicted molar refractivity (Wildman–Crippen MR) is 102 cm³/mol. The molecule has 0 heteroatoms. The molecule has 0 fully saturated rings. The van der Waals surface area contributed by atoms with Crippen LogP contribution in [0.5, 0.6) is 0 Å². The van der Waals surface area contributed by atoms with Crippen LogP contribution in [0, 0.1) is 0 Å². The van der Waals surface area contributed by atoms with Gasteiger partial charge in [0.1, 0.15) is 0 Å². The van der Waals surface area contributed by atoms with Crippen molar-refractivity contribution in [3.05, 3.63) is 86.0 Å². The van der Waals surface area contributed by atoms with E-state index in [1.54, 1.807) is 12.2 Å². The van der Waals surface area contributed by atoms with Gasteiger partial charge in [-0.3, -0.25) is 0 Å². The van der Waals surface area contributed by atoms with Crippen LogP contribution in [-0.2, 0) is 0 Å². The lowest BCUT2D eigenvalue weighted by Gasteiger charge is -2.09. The first-order chi connectivity index (χ1) is 10.8. The van der Waals surface area contributed by atoms with Crippen LogP contribution in [0.15, 0.2) is 86.0 Å². The Bertz CT molecular complexity index is 748. The summed E-state index contributed by atoms with van der Waals surface area (Å²) in [5.74, 6) is 0. The highest BCUT2D eigenvalue weighted by Gasteiger charge is 2.05. The molecule has 0 aliphatic carbocycles. The van der Waals surface area contributed by atoms with Crippen molar-refractivity contribution < 1.29 is 0 Å². The Morgan fingerprint density at radius 2 is 0.773 bits per heavy atom. The second-order valence-corrected chi connectivity index (χ2v) is 5.11. The van der Waals surface area contributed by atoms with Crippen LogP contribution in [0.2, 0.25) is 0 Å². The Labute approximate surface area is 132 Å². The van der Waals surface area contributed by atoms with Gasteiger partial charge in [-0.1, -0.05) is 72.8 Å². The summed E-state index contributed by atoms with van der Waals surface area (Å²) in [5.41, 5.74) is 0. The van der Waals surface area contributed by atoms with Crippen LogP contribution in [0.1, 0.15) is 13.8 Å². The van der Waals surface area contributed by atoms with Gasteiger partial charge in [-0.15, -0.1) is 13.2 Å². The predicted octanol–water partition coefficient (Wildman–Crippen LogP) is 6.97. The number of benzene rings is 4. The van der Waals surface area contributed by atoms with E-state index >= 15 is 0 Å². The van der Waals surface area contributed by atoms with Crippen LogP contribution in [0.4, 0.5) is 0 Å². The molecule has 0 spiro atoms. The Hall–Kier alpha value is -2.60. The van der Waals surface area contributed by atoms with Crippen molar-refractivity contribution in [1.82, 2.24) is 0 Å². The zero-order valence-electron chi connectivity index (χ0n) is 13.3. The van der Waals surface area contributed by atoms with Gasteiger partial charge in [-0.05, 0) is 46.2 Å². The van der Waals surface area contributed by atoms with Gasteiger partial charge in [0.25, 0.3) is 0 Å². The number of allylic oxidation sites excluding steroid dienone is 2. The van der Waals surface area contributed by atoms with Gasteiger partial charge >= 0.3 is 0 Å². The minimum absolute atomic E-state index is 1.34. The molecule has 0 atom stereocenters. The summed E-state index contributed by atoms with van der Waals surface area (Å²) in [7, 11) is 0. The van der Waals surface area contributed by atoms with E-state index < -0.39 is 0 Å². The minimum Gasteiger partial charge on any atom is -0.103 e. The summed E-state index contributed by atoms with van der Waals surface area (Å²) in [6.45, 7) is 10.5. The fraction of sp³-hybridized carbons (Fsp3) is 0.0909. The molecular weight excluding hydrogens is 264 g/mol. The Kier molecular flexibility index (Phi) is 5.32. The topological polar surface area (TPSA) is 0 Å². The minimum atomic E-state index is 1.34. The third-order valence-corrected chi connectivity index (χ3v) is 3.39. The summed E-state index contributed by atoms with van der Waals surface area (Å²) < 4.78 is 0. The molecule has 0 aliphatic heterocycles. The molecule has 4 rings (SSSR count). The van der Waals surface area contributed by atoms with Gasteiger partial charge in [-0.25, -0.2) is 0 Å². The summed E-state index contributed by atoms with van der Waals surface area (Å²) in [6, 6.07) is 21.9. The largest absolute Gasteiger partial charge is 0.103 e. The Morgan fingerprint density at radius 1 is 0.545 bits per heavy atom. The lowest BCUT2D eigenvalue weighted by atomic mass is 9.95. The van der Waals surface area contributed by atoms with E-state index in [9.17, 15) is 0 Å². The molecule has 110 valence electrons. The Balaban J connectivity index is 0.000000259. The van der Waals surface area contributed by atoms with Crippen molar-refractivity contribution in [2.75, 3.05) is 0 Å². The average Bonchev–Trinajstić information content (AvgIpc) is 2.54. The number of hydrogen-bond acceptors (Lipinski definition) is 0. The van der Waals surface area contributed by atoms with Crippen molar-refractivity contribution in [2.24, 2.45) is 0 Å². The van der Waals surface area contributed by atoms with Gasteiger partial charge in [-0.2, -0.15) is 0 Å². The van der Waals surface area contributed by atoms with Crippen LogP contribution >= 0.6 is 0 Å². The van der Waals surface area contributed by atoms with Crippen LogP contribution in [0.25, 0.3) is 32.3 Å². The fourth-order valence-electron chi connectivity index (χ4n) is 2.67. The van der Waals surface area contributed by atoms with Crippen LogP contribution in [0.3, 0.4) is 0 Å². The highest BCUT2D eigenvalue weighted by molar-refractivity contribution is 6.22.